The number of benzene rings is 2. The number of pyridine rings is 1. The number of nitrogens with one attached hydrogen (secondary N) is 1. The summed E-state index contributed by atoms with van der Waals surface area (Å²) >= 11 is 5.99. The van der Waals surface area contributed by atoms with Gasteiger partial charge in [-0.1, -0.05) is 60.1 Å². The van der Waals surface area contributed by atoms with Crippen molar-refractivity contribution in [1.82, 2.24) is 4.98 Å². The summed E-state index contributed by atoms with van der Waals surface area (Å²) in [4.78, 5) is 16.8. The number of sulfonamides is 1. The van der Waals surface area contributed by atoms with Crippen LogP contribution in [0, 0.1) is 0 Å². The number of hydrogen-bond acceptors (Lipinski definition) is 5. The second kappa shape index (κ2) is 7.69. The molecule has 0 amide bonds. The number of fused-ring (bicyclic) bond motifs is 1. The highest BCUT2D eigenvalue weighted by Crippen LogP contribution is 2.27. The molecule has 0 unspecified atom stereocenters. The van der Waals surface area contributed by atoms with Crippen LogP contribution in [0.15, 0.2) is 82.4 Å². The number of furan rings is 1. The summed E-state index contributed by atoms with van der Waals surface area (Å²) in [5.41, 5.74) is 1.22. The van der Waals surface area contributed by atoms with Gasteiger partial charge in [-0.25, -0.2) is 4.98 Å². The first kappa shape index (κ1) is 19.2. The van der Waals surface area contributed by atoms with Crippen LogP contribution < -0.4 is 4.72 Å². The van der Waals surface area contributed by atoms with Gasteiger partial charge in [0.25, 0.3) is 10.0 Å². The predicted octanol–water partition coefficient (Wildman–Crippen LogP) is 4.71. The van der Waals surface area contributed by atoms with Gasteiger partial charge in [0.15, 0.2) is 5.78 Å². The number of aromatic nitrogens is 1. The Hall–Kier alpha value is -3.16. The highest BCUT2D eigenvalue weighted by Gasteiger charge is 2.23. The van der Waals surface area contributed by atoms with Gasteiger partial charge in [-0.05, 0) is 17.7 Å². The summed E-state index contributed by atoms with van der Waals surface area (Å²) in [7, 11) is -4.09. The van der Waals surface area contributed by atoms with E-state index in [9.17, 15) is 13.2 Å². The Kier molecular flexibility index (Phi) is 5.08. The lowest BCUT2D eigenvalue weighted by Gasteiger charge is -2.10. The minimum atomic E-state index is -4.09. The Morgan fingerprint density at radius 1 is 1.03 bits per heavy atom. The molecule has 0 bridgehead atoms. The first-order valence-electron chi connectivity index (χ1n) is 8.66. The molecule has 0 aliphatic carbocycles. The molecule has 0 fully saturated rings. The predicted molar refractivity (Wildman–Crippen MR) is 111 cm³/mol. The van der Waals surface area contributed by atoms with Crippen LogP contribution in [0.25, 0.3) is 11.0 Å². The molecule has 0 spiro atoms. The number of carbonyl (C=O) groups is 1. The zero-order valence-electron chi connectivity index (χ0n) is 15.0. The highest BCUT2D eigenvalue weighted by molar-refractivity contribution is 7.92. The molecule has 2 aromatic carbocycles. The summed E-state index contributed by atoms with van der Waals surface area (Å²) in [5.74, 6) is -0.338. The number of ketones is 1. The number of hydrogen-bond donors (Lipinski definition) is 1. The van der Waals surface area contributed by atoms with Crippen molar-refractivity contribution in [3.8, 4) is 0 Å². The summed E-state index contributed by atoms with van der Waals surface area (Å²) in [6.07, 6.45) is 1.38. The van der Waals surface area contributed by atoms with Gasteiger partial charge >= 0.3 is 0 Å². The molecular formula is C21H15ClN2O4S. The Bertz CT molecular complexity index is 1270. The van der Waals surface area contributed by atoms with E-state index >= 15 is 0 Å². The molecule has 4 rings (SSSR count). The molecule has 0 aliphatic heterocycles. The third kappa shape index (κ3) is 4.16. The molecule has 0 aliphatic rings. The van der Waals surface area contributed by atoms with E-state index in [4.69, 9.17) is 16.0 Å². The fraction of sp³-hybridized carbons (Fsp3) is 0.0476. The molecule has 6 nitrogen and oxygen atoms in total. The third-order valence-electron chi connectivity index (χ3n) is 4.24. The number of para-hydroxylation sites is 1. The SMILES string of the molecule is O=C(Cc1ccccc1)c1ncc(Cl)cc1NS(=O)(=O)c1cc2ccccc2o1. The van der Waals surface area contributed by atoms with Gasteiger partial charge in [0.1, 0.15) is 11.3 Å². The van der Waals surface area contributed by atoms with Crippen LogP contribution in [0.5, 0.6) is 0 Å². The van der Waals surface area contributed by atoms with E-state index in [1.807, 2.05) is 30.3 Å². The molecule has 146 valence electrons. The standard InChI is InChI=1S/C21H15ClN2O4S/c22-16-12-17(21(23-13-16)18(25)10-14-6-2-1-3-7-14)24-29(26,27)20-11-15-8-4-5-9-19(15)28-20/h1-9,11-13,24H,10H2. The monoisotopic (exact) mass is 426 g/mol. The summed E-state index contributed by atoms with van der Waals surface area (Å²) in [6, 6.07) is 18.8. The molecule has 0 atom stereocenters. The smallest absolute Gasteiger partial charge is 0.295 e. The van der Waals surface area contributed by atoms with Crippen molar-refractivity contribution in [3.63, 3.8) is 0 Å². The molecule has 2 aromatic heterocycles. The maximum atomic E-state index is 12.8. The van der Waals surface area contributed by atoms with Crippen molar-refractivity contribution in [2.75, 3.05) is 4.72 Å². The second-order valence-electron chi connectivity index (χ2n) is 6.34. The van der Waals surface area contributed by atoms with Gasteiger partial charge < -0.3 is 4.42 Å². The Morgan fingerprint density at radius 2 is 1.76 bits per heavy atom. The van der Waals surface area contributed by atoms with Gasteiger partial charge in [0.2, 0.25) is 5.09 Å². The number of nitrogens with zero attached hydrogens (tertiary/aromatic N) is 1. The largest absolute Gasteiger partial charge is 0.443 e. The second-order valence-corrected chi connectivity index (χ2v) is 8.39. The average Bonchev–Trinajstić information content (AvgIpc) is 3.14. The number of Topliss-reactive ketones (excluding diaryl/α,β-unsaturated/α-hetero) is 1. The fourth-order valence-electron chi connectivity index (χ4n) is 2.89. The van der Waals surface area contributed by atoms with Crippen LogP contribution >= 0.6 is 11.6 Å². The number of anilines is 1. The quantitative estimate of drug-likeness (QED) is 0.451. The normalized spacial score (nSPS) is 11.5. The Balaban J connectivity index is 1.67. The zero-order chi connectivity index (χ0) is 20.4. The van der Waals surface area contributed by atoms with Gasteiger partial charge in [-0.3, -0.25) is 9.52 Å². The molecule has 0 saturated heterocycles. The lowest BCUT2D eigenvalue weighted by Crippen LogP contribution is -2.17. The molecule has 2 heterocycles. The lowest BCUT2D eigenvalue weighted by molar-refractivity contribution is 0.0989. The molecule has 1 N–H and O–H groups in total. The van der Waals surface area contributed by atoms with Crippen molar-refractivity contribution in [3.05, 3.63) is 89.2 Å². The van der Waals surface area contributed by atoms with E-state index in [0.717, 1.165) is 5.56 Å². The number of carbonyl (C=O) groups excluding carboxylic acids is 1. The maximum Gasteiger partial charge on any atom is 0.295 e. The van der Waals surface area contributed by atoms with E-state index in [-0.39, 0.29) is 33.7 Å². The molecule has 4 aromatic rings. The van der Waals surface area contributed by atoms with E-state index in [0.29, 0.717) is 11.0 Å². The molecule has 29 heavy (non-hydrogen) atoms. The lowest BCUT2D eigenvalue weighted by atomic mass is 10.1. The first-order chi connectivity index (χ1) is 13.9. The topological polar surface area (TPSA) is 89.3 Å². The Morgan fingerprint density at radius 3 is 2.52 bits per heavy atom. The van der Waals surface area contributed by atoms with E-state index in [1.165, 1.54) is 18.3 Å². The Labute approximate surface area is 172 Å². The summed E-state index contributed by atoms with van der Waals surface area (Å²) in [5, 5.41) is 0.584. The van der Waals surface area contributed by atoms with Gasteiger partial charge in [0.05, 0.1) is 10.7 Å². The minimum Gasteiger partial charge on any atom is -0.443 e. The van der Waals surface area contributed by atoms with Crippen molar-refractivity contribution >= 4 is 44.1 Å². The van der Waals surface area contributed by atoms with E-state index < -0.39 is 10.0 Å². The highest BCUT2D eigenvalue weighted by atomic mass is 35.5. The fourth-order valence-corrected chi connectivity index (χ4v) is 4.07. The van der Waals surface area contributed by atoms with Crippen LogP contribution in [0.4, 0.5) is 5.69 Å². The van der Waals surface area contributed by atoms with E-state index in [1.54, 1.807) is 24.3 Å². The zero-order valence-corrected chi connectivity index (χ0v) is 16.6. The van der Waals surface area contributed by atoms with Crippen LogP contribution in [0.3, 0.4) is 0 Å². The minimum absolute atomic E-state index is 0.00103. The van der Waals surface area contributed by atoms with Crippen molar-refractivity contribution in [2.45, 2.75) is 11.5 Å². The van der Waals surface area contributed by atoms with Crippen LogP contribution in [-0.2, 0) is 16.4 Å². The molecule has 0 saturated carbocycles. The van der Waals surface area contributed by atoms with Crippen LogP contribution in [0.1, 0.15) is 16.1 Å². The van der Waals surface area contributed by atoms with Crippen molar-refractivity contribution in [2.24, 2.45) is 0 Å². The average molecular weight is 427 g/mol. The van der Waals surface area contributed by atoms with Gasteiger partial charge in [-0.15, -0.1) is 0 Å². The van der Waals surface area contributed by atoms with Gasteiger partial charge in [-0.2, -0.15) is 8.42 Å². The third-order valence-corrected chi connectivity index (χ3v) is 5.66. The van der Waals surface area contributed by atoms with E-state index in [2.05, 4.69) is 9.71 Å². The number of rotatable bonds is 6. The number of halogens is 1. The molecule has 0 radical (unpaired) electrons. The first-order valence-corrected chi connectivity index (χ1v) is 10.5. The molecular weight excluding hydrogens is 412 g/mol. The van der Waals surface area contributed by atoms with Gasteiger partial charge in [0, 0.05) is 24.1 Å². The van der Waals surface area contributed by atoms with Crippen LogP contribution in [0.2, 0.25) is 5.02 Å². The summed E-state index contributed by atoms with van der Waals surface area (Å²) < 4.78 is 33.5. The van der Waals surface area contributed by atoms with Crippen LogP contribution in [-0.4, -0.2) is 19.2 Å². The maximum absolute atomic E-state index is 12.8. The van der Waals surface area contributed by atoms with Crippen molar-refractivity contribution in [1.29, 1.82) is 0 Å². The molecule has 8 heteroatoms. The summed E-state index contributed by atoms with van der Waals surface area (Å²) in [6.45, 7) is 0. The van der Waals surface area contributed by atoms with Crippen molar-refractivity contribution < 1.29 is 17.6 Å².